The first-order valence-corrected chi connectivity index (χ1v) is 13.2. The number of morpholine rings is 1. The molecule has 4 aliphatic heterocycles. The number of ether oxygens (including phenoxy) is 1. The van der Waals surface area contributed by atoms with E-state index >= 15 is 0 Å². The molecule has 13 heteroatoms. The number of nitrogen functional groups attached to an aromatic ring is 1. The number of fused-ring (bicyclic) bond motifs is 1. The van der Waals surface area contributed by atoms with E-state index in [-0.39, 0.29) is 23.3 Å². The summed E-state index contributed by atoms with van der Waals surface area (Å²) in [4.78, 5) is 22.7. The number of hydrogen-bond donors (Lipinski definition) is 2. The molecule has 6 rings (SSSR count). The minimum atomic E-state index is -3.23. The number of sulfonamides is 1. The van der Waals surface area contributed by atoms with Crippen molar-refractivity contribution in [2.45, 2.75) is 30.7 Å². The van der Waals surface area contributed by atoms with Crippen molar-refractivity contribution >= 4 is 27.7 Å². The van der Waals surface area contributed by atoms with Gasteiger partial charge in [0.1, 0.15) is 11.1 Å². The summed E-state index contributed by atoms with van der Waals surface area (Å²) in [6.45, 7) is 6.90. The fourth-order valence-corrected chi connectivity index (χ4v) is 6.82. The maximum atomic E-state index is 12.8. The fraction of sp³-hybridized carbons (Fsp3) is 0.619. The van der Waals surface area contributed by atoms with Crippen molar-refractivity contribution in [2.75, 3.05) is 68.0 Å². The molecule has 4 aliphatic rings. The van der Waals surface area contributed by atoms with E-state index in [1.54, 1.807) is 16.7 Å². The van der Waals surface area contributed by atoms with Crippen LogP contribution in [0.4, 0.5) is 17.7 Å². The zero-order chi connectivity index (χ0) is 23.4. The predicted octanol–water partition coefficient (Wildman–Crippen LogP) is -0.911. The van der Waals surface area contributed by atoms with E-state index in [4.69, 9.17) is 20.4 Å². The van der Waals surface area contributed by atoms with E-state index in [1.165, 1.54) is 0 Å². The lowest BCUT2D eigenvalue weighted by Crippen LogP contribution is -2.66. The molecule has 3 fully saturated rings. The molecule has 34 heavy (non-hydrogen) atoms. The van der Waals surface area contributed by atoms with Crippen molar-refractivity contribution in [3.05, 3.63) is 18.0 Å². The van der Waals surface area contributed by atoms with Gasteiger partial charge in [-0.25, -0.2) is 23.4 Å². The molecule has 0 radical (unpaired) electrons. The minimum Gasteiger partial charge on any atom is -0.377 e. The smallest absolute Gasteiger partial charge is 0.228 e. The van der Waals surface area contributed by atoms with Gasteiger partial charge in [-0.15, -0.1) is 0 Å². The molecular weight excluding hydrogens is 458 g/mol. The molecule has 12 nitrogen and oxygen atoms in total. The van der Waals surface area contributed by atoms with Gasteiger partial charge in [-0.1, -0.05) is 0 Å². The summed E-state index contributed by atoms with van der Waals surface area (Å²) in [5, 5.41) is 2.75. The maximum absolute atomic E-state index is 12.8. The van der Waals surface area contributed by atoms with Crippen molar-refractivity contribution in [1.82, 2.24) is 29.6 Å². The van der Waals surface area contributed by atoms with Gasteiger partial charge in [0.15, 0.2) is 0 Å². The quantitative estimate of drug-likeness (QED) is 0.541. The molecular formula is C21H29N9O3S. The molecule has 0 aliphatic carbocycles. The van der Waals surface area contributed by atoms with Crippen LogP contribution in [0.2, 0.25) is 0 Å². The first-order valence-electron chi connectivity index (χ1n) is 11.7. The summed E-state index contributed by atoms with van der Waals surface area (Å²) >= 11 is 0. The topological polar surface area (TPSA) is 143 Å². The fourth-order valence-electron chi connectivity index (χ4n) is 4.98. The first-order chi connectivity index (χ1) is 16.4. The average Bonchev–Trinajstić information content (AvgIpc) is 3.15. The highest BCUT2D eigenvalue weighted by atomic mass is 32.2. The summed E-state index contributed by atoms with van der Waals surface area (Å²) in [5.41, 5.74) is 8.36. The average molecular weight is 488 g/mol. The Kier molecular flexibility index (Phi) is 5.32. The van der Waals surface area contributed by atoms with Crippen LogP contribution in [-0.2, 0) is 21.2 Å². The summed E-state index contributed by atoms with van der Waals surface area (Å²) in [6.07, 6.45) is 4.18. The number of nitrogens with zero attached hydrogens (tertiary/aromatic N) is 7. The molecule has 0 spiro atoms. The lowest BCUT2D eigenvalue weighted by Gasteiger charge is -2.46. The number of nitrogens with two attached hydrogens (primary N) is 1. The molecule has 2 aromatic rings. The highest BCUT2D eigenvalue weighted by molar-refractivity contribution is 7.89. The van der Waals surface area contributed by atoms with Crippen LogP contribution in [0.1, 0.15) is 12.5 Å². The van der Waals surface area contributed by atoms with E-state index in [0.29, 0.717) is 51.9 Å². The van der Waals surface area contributed by atoms with Gasteiger partial charge in [0, 0.05) is 62.8 Å². The van der Waals surface area contributed by atoms with Crippen LogP contribution in [0.15, 0.2) is 12.4 Å². The highest BCUT2D eigenvalue weighted by Gasteiger charge is 2.46. The third-order valence-corrected chi connectivity index (χ3v) is 9.41. The van der Waals surface area contributed by atoms with Crippen LogP contribution in [0.5, 0.6) is 0 Å². The van der Waals surface area contributed by atoms with Crippen LogP contribution >= 0.6 is 0 Å². The van der Waals surface area contributed by atoms with Gasteiger partial charge in [0.05, 0.1) is 31.0 Å². The molecule has 2 aromatic heterocycles. The van der Waals surface area contributed by atoms with Gasteiger partial charge in [0.25, 0.3) is 0 Å². The van der Waals surface area contributed by atoms with E-state index < -0.39 is 10.0 Å². The lowest BCUT2D eigenvalue weighted by atomic mass is 10.1. The van der Waals surface area contributed by atoms with E-state index in [2.05, 4.69) is 32.0 Å². The van der Waals surface area contributed by atoms with Gasteiger partial charge in [-0.05, 0) is 13.3 Å². The predicted molar refractivity (Wildman–Crippen MR) is 127 cm³/mol. The molecule has 1 atom stereocenters. The van der Waals surface area contributed by atoms with Gasteiger partial charge >= 0.3 is 0 Å². The molecule has 0 bridgehead atoms. The second-order valence-electron chi connectivity index (χ2n) is 9.36. The lowest BCUT2D eigenvalue weighted by molar-refractivity contribution is 0.0981. The van der Waals surface area contributed by atoms with Crippen LogP contribution in [-0.4, -0.2) is 102 Å². The summed E-state index contributed by atoms with van der Waals surface area (Å²) in [6, 6.07) is 0.252. The monoisotopic (exact) mass is 487 g/mol. The number of aromatic nitrogens is 4. The molecule has 182 valence electrons. The summed E-state index contributed by atoms with van der Waals surface area (Å²) < 4.78 is 32.7. The highest BCUT2D eigenvalue weighted by Crippen LogP contribution is 2.38. The van der Waals surface area contributed by atoms with Crippen molar-refractivity contribution in [1.29, 1.82) is 0 Å². The Morgan fingerprint density at radius 2 is 1.88 bits per heavy atom. The van der Waals surface area contributed by atoms with Gasteiger partial charge in [-0.2, -0.15) is 9.29 Å². The Labute approximate surface area is 198 Å². The normalized spacial score (nSPS) is 24.1. The molecule has 1 unspecified atom stereocenters. The van der Waals surface area contributed by atoms with E-state index in [9.17, 15) is 8.42 Å². The zero-order valence-electron chi connectivity index (χ0n) is 19.1. The largest absolute Gasteiger partial charge is 0.377 e. The number of rotatable bonds is 5. The molecule has 0 aromatic carbocycles. The van der Waals surface area contributed by atoms with Crippen LogP contribution in [0.25, 0.3) is 11.3 Å². The van der Waals surface area contributed by atoms with Crippen LogP contribution in [0, 0.1) is 0 Å². The Morgan fingerprint density at radius 1 is 1.12 bits per heavy atom. The van der Waals surface area contributed by atoms with Crippen LogP contribution in [0.3, 0.4) is 0 Å². The van der Waals surface area contributed by atoms with Crippen molar-refractivity contribution < 1.29 is 13.2 Å². The number of hydrogen-bond acceptors (Lipinski definition) is 11. The number of nitrogens with one attached hydrogen (secondary N) is 1. The number of anilines is 3. The Hall–Kier alpha value is -2.61. The van der Waals surface area contributed by atoms with E-state index in [1.807, 2.05) is 0 Å². The zero-order valence-corrected chi connectivity index (χ0v) is 19.9. The van der Waals surface area contributed by atoms with Crippen molar-refractivity contribution in [3.63, 3.8) is 0 Å². The van der Waals surface area contributed by atoms with Gasteiger partial charge in [0.2, 0.25) is 21.9 Å². The molecule has 6 heterocycles. The molecule has 3 N–H and O–H groups in total. The van der Waals surface area contributed by atoms with Crippen molar-refractivity contribution in [3.8, 4) is 11.3 Å². The Morgan fingerprint density at radius 3 is 2.56 bits per heavy atom. The SMILES string of the molecule is CC1COCCN1c1nc(-c2cnc(N)nc2)c2c(n1)N(C1CN(S(=O)(=O)C3CNC3)C1)CC2. The second-order valence-corrected chi connectivity index (χ2v) is 11.6. The second kappa shape index (κ2) is 8.26. The Bertz CT molecular complexity index is 1180. The van der Waals surface area contributed by atoms with Crippen molar-refractivity contribution in [2.24, 2.45) is 0 Å². The molecule has 3 saturated heterocycles. The van der Waals surface area contributed by atoms with Crippen LogP contribution < -0.4 is 20.9 Å². The maximum Gasteiger partial charge on any atom is 0.228 e. The molecule has 0 saturated carbocycles. The minimum absolute atomic E-state index is 0.101. The molecule has 0 amide bonds. The van der Waals surface area contributed by atoms with Gasteiger partial charge in [-0.3, -0.25) is 0 Å². The third-order valence-electron chi connectivity index (χ3n) is 7.21. The summed E-state index contributed by atoms with van der Waals surface area (Å²) in [7, 11) is -3.23. The van der Waals surface area contributed by atoms with Gasteiger partial charge < -0.3 is 25.6 Å². The third kappa shape index (κ3) is 3.58. The standard InChI is InChI=1S/C21H29N9O3S/c1-13-12-33-5-4-29(13)21-26-18(14-6-24-20(22)25-7-14)17-2-3-30(19(17)27-21)15-10-28(11-15)34(31,32)16-8-23-9-16/h6-7,13,15-16,23H,2-5,8-12H2,1H3,(H2,22,24,25). The van der Waals surface area contributed by atoms with E-state index in [0.717, 1.165) is 35.6 Å². The first kappa shape index (κ1) is 21.9. The Balaban J connectivity index is 1.33. The summed E-state index contributed by atoms with van der Waals surface area (Å²) in [5.74, 6) is 1.75.